The van der Waals surface area contributed by atoms with Gasteiger partial charge in [-0.3, -0.25) is 0 Å². The largest absolute Gasteiger partial charge is 0.351 e. The van der Waals surface area contributed by atoms with E-state index < -0.39 is 0 Å². The average molecular weight is 453 g/mol. The summed E-state index contributed by atoms with van der Waals surface area (Å²) in [5.41, 5.74) is 5.28. The molecular weight excluding hydrogens is 407 g/mol. The molecular formula is C27H46ClFN2. The lowest BCUT2D eigenvalue weighted by Gasteiger charge is -2.21. The highest BCUT2D eigenvalue weighted by Crippen LogP contribution is 2.41. The van der Waals surface area contributed by atoms with Crippen LogP contribution in [0, 0.1) is 12.7 Å². The smallest absolute Gasteiger partial charge is 0.148 e. The summed E-state index contributed by atoms with van der Waals surface area (Å²) in [4.78, 5) is 0. The van der Waals surface area contributed by atoms with Crippen LogP contribution in [0.3, 0.4) is 0 Å². The molecule has 0 bridgehead atoms. The average Bonchev–Trinajstić information content (AvgIpc) is 2.91. The molecule has 0 atom stereocenters. The van der Waals surface area contributed by atoms with Gasteiger partial charge >= 0.3 is 0 Å². The molecule has 0 aromatic carbocycles. The molecule has 0 saturated carbocycles. The fourth-order valence-corrected chi connectivity index (χ4v) is 5.27. The van der Waals surface area contributed by atoms with Crippen LogP contribution in [-0.4, -0.2) is 9.13 Å². The molecule has 2 nitrogen and oxygen atoms in total. The summed E-state index contributed by atoms with van der Waals surface area (Å²) >= 11 is 6.58. The first-order valence-electron chi connectivity index (χ1n) is 11.2. The Kier molecular flexibility index (Phi) is 7.73. The van der Waals surface area contributed by atoms with Gasteiger partial charge < -0.3 is 9.13 Å². The quantitative estimate of drug-likeness (QED) is 0.380. The van der Waals surface area contributed by atoms with Crippen molar-refractivity contribution in [2.24, 2.45) is 14.1 Å². The zero-order valence-electron chi connectivity index (χ0n) is 22.7. The molecule has 0 spiro atoms. The van der Waals surface area contributed by atoms with Crippen molar-refractivity contribution in [2.45, 2.75) is 112 Å². The topological polar surface area (TPSA) is 9.86 Å². The van der Waals surface area contributed by atoms with Gasteiger partial charge in [0.15, 0.2) is 0 Å². The van der Waals surface area contributed by atoms with Gasteiger partial charge in [-0.1, -0.05) is 94.7 Å². The molecule has 0 aliphatic carbocycles. The lowest BCUT2D eigenvalue weighted by Crippen LogP contribution is -2.18. The third kappa shape index (κ3) is 5.97. The first-order chi connectivity index (χ1) is 13.5. The molecule has 0 aliphatic rings. The third-order valence-electron chi connectivity index (χ3n) is 5.73. The van der Waals surface area contributed by atoms with Gasteiger partial charge in [-0.05, 0) is 23.3 Å². The summed E-state index contributed by atoms with van der Waals surface area (Å²) < 4.78 is 18.4. The van der Waals surface area contributed by atoms with Crippen molar-refractivity contribution in [1.29, 1.82) is 0 Å². The Morgan fingerprint density at radius 2 is 1.13 bits per heavy atom. The number of rotatable bonds is 0. The van der Waals surface area contributed by atoms with E-state index in [1.165, 1.54) is 17.0 Å². The Labute approximate surface area is 196 Å². The summed E-state index contributed by atoms with van der Waals surface area (Å²) in [5.74, 6) is -0.0440. The molecule has 0 fully saturated rings. The highest BCUT2D eigenvalue weighted by atomic mass is 35.5. The third-order valence-corrected chi connectivity index (χ3v) is 6.09. The number of hydrogen-bond donors (Lipinski definition) is 0. The van der Waals surface area contributed by atoms with Gasteiger partial charge in [0.1, 0.15) is 5.82 Å². The molecule has 178 valence electrons. The van der Waals surface area contributed by atoms with E-state index in [9.17, 15) is 4.39 Å². The van der Waals surface area contributed by atoms with Crippen LogP contribution in [0.4, 0.5) is 4.39 Å². The van der Waals surface area contributed by atoms with Crippen LogP contribution in [0.2, 0.25) is 5.02 Å². The lowest BCUT2D eigenvalue weighted by atomic mass is 9.85. The van der Waals surface area contributed by atoms with Gasteiger partial charge in [0, 0.05) is 48.1 Å². The maximum atomic E-state index is 14.3. The van der Waals surface area contributed by atoms with Crippen molar-refractivity contribution in [3.05, 3.63) is 45.2 Å². The van der Waals surface area contributed by atoms with Crippen molar-refractivity contribution in [3.63, 3.8) is 0 Å². The molecule has 2 aromatic heterocycles. The van der Waals surface area contributed by atoms with E-state index in [0.29, 0.717) is 0 Å². The number of aryl methyl sites for hydroxylation is 1. The monoisotopic (exact) mass is 452 g/mol. The van der Waals surface area contributed by atoms with E-state index >= 15 is 0 Å². The second-order valence-electron chi connectivity index (χ2n) is 13.0. The Hall–Kier alpha value is -1.22. The molecule has 0 N–H and O–H groups in total. The number of halogens is 2. The predicted octanol–water partition coefficient (Wildman–Crippen LogP) is 8.34. The molecule has 0 amide bonds. The minimum absolute atomic E-state index is 0.0440. The molecule has 2 heterocycles. The predicted molar refractivity (Wildman–Crippen MR) is 135 cm³/mol. The first-order valence-corrected chi connectivity index (χ1v) is 11.6. The molecule has 4 heteroatoms. The van der Waals surface area contributed by atoms with Gasteiger partial charge in [-0.2, -0.15) is 0 Å². The first kappa shape index (κ1) is 27.8. The second-order valence-corrected chi connectivity index (χ2v) is 13.4. The standard InChI is InChI=1S/C14H24ClN.C13H22FN/c1-9-10(13(2,3)4)11(15)12(16(9)8)14(5,6)7;1-12(2,3)9-8-15(7)11(10(9)14)13(4,5)6/h1-8H3;8H,1-7H3. The Balaban J connectivity index is 0.000000311. The van der Waals surface area contributed by atoms with E-state index in [1.807, 2.05) is 59.4 Å². The lowest BCUT2D eigenvalue weighted by molar-refractivity contribution is 0.474. The molecule has 2 rings (SSSR count). The zero-order valence-corrected chi connectivity index (χ0v) is 23.5. The van der Waals surface area contributed by atoms with Crippen LogP contribution in [-0.2, 0) is 35.8 Å². The van der Waals surface area contributed by atoms with E-state index in [0.717, 1.165) is 16.3 Å². The van der Waals surface area contributed by atoms with Crippen molar-refractivity contribution in [3.8, 4) is 0 Å². The summed E-state index contributed by atoms with van der Waals surface area (Å²) in [5, 5.41) is 0.944. The van der Waals surface area contributed by atoms with Crippen LogP contribution >= 0.6 is 11.6 Å². The SMILES string of the molecule is Cc1c(C(C)(C)C)c(Cl)c(C(C)(C)C)n1C.Cn1cc(C(C)(C)C)c(F)c1C(C)(C)C. The number of hydrogen-bond acceptors (Lipinski definition) is 0. The van der Waals surface area contributed by atoms with E-state index in [4.69, 9.17) is 11.6 Å². The number of aromatic nitrogens is 2. The van der Waals surface area contributed by atoms with Crippen LogP contribution in [0.15, 0.2) is 6.20 Å². The fraction of sp³-hybridized carbons (Fsp3) is 0.704. The zero-order chi connectivity index (χ0) is 24.9. The Bertz CT molecular complexity index is 880. The highest BCUT2D eigenvalue weighted by molar-refractivity contribution is 6.32. The van der Waals surface area contributed by atoms with Crippen molar-refractivity contribution < 1.29 is 4.39 Å². The van der Waals surface area contributed by atoms with Gasteiger partial charge in [0.2, 0.25) is 0 Å². The molecule has 2 aromatic rings. The van der Waals surface area contributed by atoms with Crippen molar-refractivity contribution in [1.82, 2.24) is 9.13 Å². The van der Waals surface area contributed by atoms with E-state index in [2.05, 4.69) is 60.1 Å². The summed E-state index contributed by atoms with van der Waals surface area (Å²) in [6, 6.07) is 0. The van der Waals surface area contributed by atoms with Crippen LogP contribution in [0.25, 0.3) is 0 Å². The molecule has 0 aliphatic heterocycles. The van der Waals surface area contributed by atoms with Crippen LogP contribution < -0.4 is 0 Å². The highest BCUT2D eigenvalue weighted by Gasteiger charge is 2.31. The summed E-state index contributed by atoms with van der Waals surface area (Å²) in [7, 11) is 4.02. The van der Waals surface area contributed by atoms with Crippen LogP contribution in [0.5, 0.6) is 0 Å². The van der Waals surface area contributed by atoms with Gasteiger partial charge in [-0.15, -0.1) is 0 Å². The fourth-order valence-electron chi connectivity index (χ4n) is 4.44. The summed E-state index contributed by atoms with van der Waals surface area (Å²) in [6.07, 6.45) is 1.91. The molecule has 31 heavy (non-hydrogen) atoms. The Morgan fingerprint density at radius 3 is 1.32 bits per heavy atom. The maximum Gasteiger partial charge on any atom is 0.148 e. The van der Waals surface area contributed by atoms with E-state index in [1.54, 1.807) is 0 Å². The minimum atomic E-state index is -0.150. The van der Waals surface area contributed by atoms with Crippen molar-refractivity contribution >= 4 is 11.6 Å². The molecule has 0 saturated heterocycles. The van der Waals surface area contributed by atoms with Gasteiger partial charge in [0.25, 0.3) is 0 Å². The van der Waals surface area contributed by atoms with Gasteiger partial charge in [-0.25, -0.2) is 4.39 Å². The Morgan fingerprint density at radius 1 is 0.710 bits per heavy atom. The summed E-state index contributed by atoms with van der Waals surface area (Å²) in [6.45, 7) is 27.7. The van der Waals surface area contributed by atoms with Crippen molar-refractivity contribution in [2.75, 3.05) is 0 Å². The van der Waals surface area contributed by atoms with E-state index in [-0.39, 0.29) is 27.5 Å². The second kappa shape index (κ2) is 8.61. The maximum absolute atomic E-state index is 14.3. The van der Waals surface area contributed by atoms with Gasteiger partial charge in [0.05, 0.1) is 10.7 Å². The minimum Gasteiger partial charge on any atom is -0.351 e. The molecule has 0 unspecified atom stereocenters. The van der Waals surface area contributed by atoms with Crippen LogP contribution in [0.1, 0.15) is 111 Å². The molecule has 0 radical (unpaired) electrons. The number of nitrogens with zero attached hydrogens (tertiary/aromatic N) is 2. The normalized spacial score (nSPS) is 13.3.